The van der Waals surface area contributed by atoms with Crippen LogP contribution in [-0.4, -0.2) is 30.4 Å². The quantitative estimate of drug-likeness (QED) is 0.777. The Kier molecular flexibility index (Phi) is 6.06. The number of carbonyl (C=O) groups excluding carboxylic acids is 1. The Balaban J connectivity index is 1.71. The number of unbranched alkanes of at least 4 members (excludes halogenated alkanes) is 3. The topological polar surface area (TPSA) is 46.3 Å². The van der Waals surface area contributed by atoms with Crippen molar-refractivity contribution in [3.8, 4) is 0 Å². The van der Waals surface area contributed by atoms with E-state index in [1.165, 1.54) is 5.56 Å². The number of nitrogens with zero attached hydrogens (tertiary/aromatic N) is 1. The van der Waals surface area contributed by atoms with Crippen LogP contribution >= 0.6 is 0 Å². The van der Waals surface area contributed by atoms with Gasteiger partial charge in [-0.15, -0.1) is 0 Å². The van der Waals surface area contributed by atoms with Gasteiger partial charge in [0.1, 0.15) is 0 Å². The molecule has 1 heterocycles. The smallest absolute Gasteiger partial charge is 0.222 e. The molecule has 0 aliphatic carbocycles. The molecule has 0 radical (unpaired) electrons. The van der Waals surface area contributed by atoms with Crippen molar-refractivity contribution >= 4 is 5.91 Å². The van der Waals surface area contributed by atoms with Crippen molar-refractivity contribution in [3.05, 3.63) is 35.9 Å². The van der Waals surface area contributed by atoms with Crippen molar-refractivity contribution in [2.75, 3.05) is 19.6 Å². The molecular formula is C17H26N2O. The van der Waals surface area contributed by atoms with Crippen molar-refractivity contribution < 1.29 is 4.79 Å². The van der Waals surface area contributed by atoms with Gasteiger partial charge in [-0.05, 0) is 31.4 Å². The van der Waals surface area contributed by atoms with E-state index in [0.717, 1.165) is 51.7 Å². The van der Waals surface area contributed by atoms with Crippen molar-refractivity contribution in [1.82, 2.24) is 4.90 Å². The summed E-state index contributed by atoms with van der Waals surface area (Å²) >= 11 is 0. The minimum absolute atomic E-state index is 0.330. The molecule has 2 rings (SSSR count). The Bertz CT molecular complexity index is 405. The Morgan fingerprint density at radius 3 is 2.65 bits per heavy atom. The number of hydrogen-bond acceptors (Lipinski definition) is 2. The van der Waals surface area contributed by atoms with Gasteiger partial charge in [-0.1, -0.05) is 43.2 Å². The molecule has 1 amide bonds. The maximum absolute atomic E-state index is 12.2. The first-order chi connectivity index (χ1) is 9.81. The van der Waals surface area contributed by atoms with E-state index in [4.69, 9.17) is 5.73 Å². The fourth-order valence-electron chi connectivity index (χ4n) is 2.92. The maximum atomic E-state index is 12.2. The number of nitrogens with two attached hydrogens (primary N) is 1. The summed E-state index contributed by atoms with van der Waals surface area (Å²) < 4.78 is 0. The van der Waals surface area contributed by atoms with E-state index in [-0.39, 0.29) is 0 Å². The van der Waals surface area contributed by atoms with Gasteiger partial charge < -0.3 is 10.6 Å². The second-order valence-corrected chi connectivity index (χ2v) is 5.69. The monoisotopic (exact) mass is 274 g/mol. The zero-order valence-electron chi connectivity index (χ0n) is 12.3. The van der Waals surface area contributed by atoms with Crippen molar-refractivity contribution in [1.29, 1.82) is 0 Å². The first-order valence-electron chi connectivity index (χ1n) is 7.84. The molecule has 0 bridgehead atoms. The summed E-state index contributed by atoms with van der Waals surface area (Å²) in [4.78, 5) is 14.2. The van der Waals surface area contributed by atoms with Crippen LogP contribution in [-0.2, 0) is 4.79 Å². The van der Waals surface area contributed by atoms with Crippen molar-refractivity contribution in [2.45, 2.75) is 44.4 Å². The third-order valence-electron chi connectivity index (χ3n) is 4.16. The van der Waals surface area contributed by atoms with E-state index < -0.39 is 0 Å². The zero-order chi connectivity index (χ0) is 14.2. The lowest BCUT2D eigenvalue weighted by atomic mass is 9.99. The fourth-order valence-corrected chi connectivity index (χ4v) is 2.92. The Hall–Kier alpha value is -1.35. The van der Waals surface area contributed by atoms with E-state index in [9.17, 15) is 4.79 Å². The number of rotatable bonds is 7. The lowest BCUT2D eigenvalue weighted by Crippen LogP contribution is -2.28. The van der Waals surface area contributed by atoms with Gasteiger partial charge in [0.15, 0.2) is 0 Å². The highest BCUT2D eigenvalue weighted by atomic mass is 16.2. The molecule has 0 saturated carbocycles. The predicted octanol–water partition coefficient (Wildman–Crippen LogP) is 2.91. The van der Waals surface area contributed by atoms with Crippen LogP contribution in [0.4, 0.5) is 0 Å². The van der Waals surface area contributed by atoms with Crippen LogP contribution in [0.25, 0.3) is 0 Å². The SMILES string of the molecule is NCCCCCCC(=O)N1CCC(c2ccccc2)C1. The molecule has 1 aliphatic rings. The fraction of sp³-hybridized carbons (Fsp3) is 0.588. The molecule has 3 nitrogen and oxygen atoms in total. The van der Waals surface area contributed by atoms with Gasteiger partial charge in [-0.3, -0.25) is 4.79 Å². The maximum Gasteiger partial charge on any atom is 0.222 e. The lowest BCUT2D eigenvalue weighted by Gasteiger charge is -2.16. The first kappa shape index (κ1) is 15.0. The minimum Gasteiger partial charge on any atom is -0.342 e. The molecule has 1 saturated heterocycles. The zero-order valence-corrected chi connectivity index (χ0v) is 12.3. The highest BCUT2D eigenvalue weighted by Crippen LogP contribution is 2.27. The normalized spacial score (nSPS) is 18.4. The number of carbonyl (C=O) groups is 1. The van der Waals surface area contributed by atoms with Gasteiger partial charge in [0.05, 0.1) is 0 Å². The molecule has 1 atom stereocenters. The van der Waals surface area contributed by atoms with Crippen LogP contribution in [0.2, 0.25) is 0 Å². The summed E-state index contributed by atoms with van der Waals surface area (Å²) in [6.45, 7) is 2.58. The van der Waals surface area contributed by atoms with Crippen molar-refractivity contribution in [3.63, 3.8) is 0 Å². The highest BCUT2D eigenvalue weighted by molar-refractivity contribution is 5.76. The highest BCUT2D eigenvalue weighted by Gasteiger charge is 2.26. The van der Waals surface area contributed by atoms with Crippen LogP contribution in [0.15, 0.2) is 30.3 Å². The molecule has 0 spiro atoms. The average molecular weight is 274 g/mol. The number of amides is 1. The molecule has 2 N–H and O–H groups in total. The number of likely N-dealkylation sites (tertiary alicyclic amines) is 1. The van der Waals surface area contributed by atoms with E-state index in [1.807, 2.05) is 11.0 Å². The largest absolute Gasteiger partial charge is 0.342 e. The second kappa shape index (κ2) is 8.05. The Morgan fingerprint density at radius 1 is 1.15 bits per heavy atom. The van der Waals surface area contributed by atoms with Gasteiger partial charge in [0, 0.05) is 25.4 Å². The Morgan fingerprint density at radius 2 is 1.90 bits per heavy atom. The molecule has 1 unspecified atom stereocenters. The van der Waals surface area contributed by atoms with Crippen molar-refractivity contribution in [2.24, 2.45) is 5.73 Å². The van der Waals surface area contributed by atoms with Crippen LogP contribution in [0.1, 0.15) is 50.0 Å². The molecule has 110 valence electrons. The second-order valence-electron chi connectivity index (χ2n) is 5.69. The predicted molar refractivity (Wildman–Crippen MR) is 82.5 cm³/mol. The lowest BCUT2D eigenvalue weighted by molar-refractivity contribution is -0.130. The molecule has 1 aliphatic heterocycles. The summed E-state index contributed by atoms with van der Waals surface area (Å²) in [7, 11) is 0. The molecular weight excluding hydrogens is 248 g/mol. The Labute approximate surface area is 122 Å². The average Bonchev–Trinajstić information content (AvgIpc) is 2.98. The van der Waals surface area contributed by atoms with E-state index in [0.29, 0.717) is 18.2 Å². The van der Waals surface area contributed by atoms with E-state index in [1.54, 1.807) is 0 Å². The summed E-state index contributed by atoms with van der Waals surface area (Å²) in [5, 5.41) is 0. The number of benzene rings is 1. The molecule has 1 aromatic carbocycles. The summed E-state index contributed by atoms with van der Waals surface area (Å²) in [6, 6.07) is 10.5. The van der Waals surface area contributed by atoms with E-state index in [2.05, 4.69) is 24.3 Å². The number of hydrogen-bond donors (Lipinski definition) is 1. The van der Waals surface area contributed by atoms with Gasteiger partial charge in [-0.2, -0.15) is 0 Å². The molecule has 1 aromatic rings. The first-order valence-corrected chi connectivity index (χ1v) is 7.84. The van der Waals surface area contributed by atoms with E-state index >= 15 is 0 Å². The molecule has 20 heavy (non-hydrogen) atoms. The summed E-state index contributed by atoms with van der Waals surface area (Å²) in [6.07, 6.45) is 6.16. The molecule has 1 fully saturated rings. The standard InChI is InChI=1S/C17H26N2O/c18-12-7-2-1-6-10-17(20)19-13-11-16(14-19)15-8-4-3-5-9-15/h3-5,8-9,16H,1-2,6-7,10-14,18H2. The van der Waals surface area contributed by atoms with Crippen LogP contribution in [0, 0.1) is 0 Å². The molecule has 0 aromatic heterocycles. The summed E-state index contributed by atoms with van der Waals surface area (Å²) in [5.41, 5.74) is 6.83. The summed E-state index contributed by atoms with van der Waals surface area (Å²) in [5.74, 6) is 0.855. The van der Waals surface area contributed by atoms with Crippen LogP contribution in [0.3, 0.4) is 0 Å². The third-order valence-corrected chi connectivity index (χ3v) is 4.16. The van der Waals surface area contributed by atoms with Gasteiger partial charge in [0.25, 0.3) is 0 Å². The minimum atomic E-state index is 0.330. The van der Waals surface area contributed by atoms with Crippen LogP contribution < -0.4 is 5.73 Å². The van der Waals surface area contributed by atoms with Crippen LogP contribution in [0.5, 0.6) is 0 Å². The van der Waals surface area contributed by atoms with Gasteiger partial charge >= 0.3 is 0 Å². The molecule has 3 heteroatoms. The van der Waals surface area contributed by atoms with Gasteiger partial charge in [0.2, 0.25) is 5.91 Å². The third kappa shape index (κ3) is 4.34. The van der Waals surface area contributed by atoms with Gasteiger partial charge in [-0.25, -0.2) is 0 Å².